The molecule has 0 aliphatic rings. The molecule has 198 valence electrons. The molecule has 0 aliphatic heterocycles. The number of aromatic nitrogens is 2. The molecular formula is C28H25Br4N3O3. The average molecular weight is 771 g/mol. The number of benzene rings is 3. The van der Waals surface area contributed by atoms with Gasteiger partial charge in [0, 0.05) is 34.9 Å². The monoisotopic (exact) mass is 767 g/mol. The van der Waals surface area contributed by atoms with Gasteiger partial charge in [-0.25, -0.2) is 4.98 Å². The van der Waals surface area contributed by atoms with Gasteiger partial charge in [0.15, 0.2) is 11.5 Å². The van der Waals surface area contributed by atoms with Gasteiger partial charge in [0.05, 0.1) is 23.7 Å². The van der Waals surface area contributed by atoms with E-state index in [4.69, 9.17) is 14.5 Å². The third-order valence-corrected chi connectivity index (χ3v) is 8.37. The minimum absolute atomic E-state index is 0.0454. The molecule has 0 saturated heterocycles. The van der Waals surface area contributed by atoms with Gasteiger partial charge in [0.1, 0.15) is 12.4 Å². The Labute approximate surface area is 255 Å². The van der Waals surface area contributed by atoms with Crippen LogP contribution in [-0.2, 0) is 6.61 Å². The van der Waals surface area contributed by atoms with E-state index in [9.17, 15) is 4.79 Å². The van der Waals surface area contributed by atoms with Gasteiger partial charge in [-0.05, 0) is 71.7 Å². The molecule has 6 nitrogen and oxygen atoms in total. The number of hydrogen-bond acceptors (Lipinski definition) is 5. The zero-order valence-corrected chi connectivity index (χ0v) is 27.3. The smallest absolute Gasteiger partial charge is 0.282 e. The van der Waals surface area contributed by atoms with Crippen LogP contribution < -0.4 is 15.0 Å². The molecule has 0 unspecified atom stereocenters. The van der Waals surface area contributed by atoms with Gasteiger partial charge in [-0.2, -0.15) is 9.78 Å². The Kier molecular flexibility index (Phi) is 9.84. The van der Waals surface area contributed by atoms with Gasteiger partial charge >= 0.3 is 0 Å². The van der Waals surface area contributed by atoms with Crippen LogP contribution in [-0.4, -0.2) is 22.5 Å². The van der Waals surface area contributed by atoms with Crippen molar-refractivity contribution in [2.24, 2.45) is 5.10 Å². The fourth-order valence-electron chi connectivity index (χ4n) is 3.72. The van der Waals surface area contributed by atoms with E-state index in [-0.39, 0.29) is 11.5 Å². The van der Waals surface area contributed by atoms with Crippen molar-refractivity contribution in [2.45, 2.75) is 39.7 Å². The van der Waals surface area contributed by atoms with Crippen molar-refractivity contribution in [2.75, 3.05) is 6.61 Å². The third-order valence-electron chi connectivity index (χ3n) is 5.96. The predicted octanol–water partition coefficient (Wildman–Crippen LogP) is 8.82. The van der Waals surface area contributed by atoms with Crippen LogP contribution in [0, 0.1) is 0 Å². The molecular weight excluding hydrogens is 746 g/mol. The van der Waals surface area contributed by atoms with Crippen molar-refractivity contribution in [1.29, 1.82) is 0 Å². The van der Waals surface area contributed by atoms with E-state index in [1.165, 1.54) is 4.68 Å². The number of hydrogen-bond donors (Lipinski definition) is 0. The molecule has 0 spiro atoms. The zero-order valence-electron chi connectivity index (χ0n) is 21.0. The van der Waals surface area contributed by atoms with Crippen molar-refractivity contribution in [3.63, 3.8) is 0 Å². The maximum Gasteiger partial charge on any atom is 0.282 e. The Morgan fingerprint density at radius 1 is 0.947 bits per heavy atom. The van der Waals surface area contributed by atoms with Crippen molar-refractivity contribution in [3.05, 3.63) is 93.7 Å². The van der Waals surface area contributed by atoms with Gasteiger partial charge in [0.2, 0.25) is 0 Å². The minimum Gasteiger partial charge on any atom is -0.490 e. The summed E-state index contributed by atoms with van der Waals surface area (Å²) in [5.74, 6) is 1.84. The highest BCUT2D eigenvalue weighted by atomic mass is 79.9. The van der Waals surface area contributed by atoms with Crippen molar-refractivity contribution < 1.29 is 9.47 Å². The summed E-state index contributed by atoms with van der Waals surface area (Å²) in [4.78, 5) is 18.2. The fourth-order valence-corrected chi connectivity index (χ4v) is 5.67. The van der Waals surface area contributed by atoms with Crippen LogP contribution in [0.4, 0.5) is 0 Å². The predicted molar refractivity (Wildman–Crippen MR) is 167 cm³/mol. The normalized spacial score (nSPS) is 12.3. The first-order chi connectivity index (χ1) is 18.2. The first kappa shape index (κ1) is 29.0. The average Bonchev–Trinajstić information content (AvgIpc) is 2.89. The molecule has 10 heteroatoms. The van der Waals surface area contributed by atoms with E-state index < -0.39 is 0 Å². The van der Waals surface area contributed by atoms with Crippen LogP contribution in [0.25, 0.3) is 10.9 Å². The summed E-state index contributed by atoms with van der Waals surface area (Å²) in [5.41, 5.74) is 2.18. The second kappa shape index (κ2) is 12.9. The SMILES string of the molecule is CCOc1cc(C=Nn2c([C@@H](C)CC)nc3ccc(Br)cc3c2=O)c(Br)cc1OCc1ccc(Br)cc1Br. The van der Waals surface area contributed by atoms with Gasteiger partial charge in [0.25, 0.3) is 5.56 Å². The lowest BCUT2D eigenvalue weighted by Crippen LogP contribution is -2.23. The van der Waals surface area contributed by atoms with Gasteiger partial charge in [-0.15, -0.1) is 0 Å². The summed E-state index contributed by atoms with van der Waals surface area (Å²) in [6, 6.07) is 15.1. The maximum atomic E-state index is 13.4. The Morgan fingerprint density at radius 3 is 2.37 bits per heavy atom. The lowest BCUT2D eigenvalue weighted by Gasteiger charge is -2.15. The largest absolute Gasteiger partial charge is 0.490 e. The Bertz CT molecular complexity index is 1570. The van der Waals surface area contributed by atoms with E-state index in [1.807, 2.05) is 56.3 Å². The summed E-state index contributed by atoms with van der Waals surface area (Å²) < 4.78 is 16.9. The van der Waals surface area contributed by atoms with Gasteiger partial charge < -0.3 is 9.47 Å². The number of rotatable bonds is 9. The summed E-state index contributed by atoms with van der Waals surface area (Å²) in [7, 11) is 0. The van der Waals surface area contributed by atoms with Crippen LogP contribution in [0.5, 0.6) is 11.5 Å². The van der Waals surface area contributed by atoms with Crippen molar-refractivity contribution in [1.82, 2.24) is 9.66 Å². The van der Waals surface area contributed by atoms with Crippen LogP contribution in [0.15, 0.2) is 76.3 Å². The first-order valence-corrected chi connectivity index (χ1v) is 15.2. The number of halogens is 4. The minimum atomic E-state index is -0.218. The molecule has 1 aromatic heterocycles. The van der Waals surface area contributed by atoms with Gasteiger partial charge in [-0.1, -0.05) is 67.7 Å². The summed E-state index contributed by atoms with van der Waals surface area (Å²) in [6.07, 6.45) is 2.46. The fraction of sp³-hybridized carbons (Fsp3) is 0.250. The Morgan fingerprint density at radius 2 is 1.66 bits per heavy atom. The van der Waals surface area contributed by atoms with Gasteiger partial charge in [-0.3, -0.25) is 4.79 Å². The maximum absolute atomic E-state index is 13.4. The zero-order chi connectivity index (χ0) is 27.4. The van der Waals surface area contributed by atoms with Crippen molar-refractivity contribution in [3.8, 4) is 11.5 Å². The molecule has 1 heterocycles. The van der Waals surface area contributed by atoms with E-state index >= 15 is 0 Å². The lowest BCUT2D eigenvalue weighted by molar-refractivity contribution is 0.268. The molecule has 1 atom stereocenters. The molecule has 4 aromatic rings. The molecule has 38 heavy (non-hydrogen) atoms. The van der Waals surface area contributed by atoms with Crippen molar-refractivity contribution >= 4 is 80.8 Å². The standard InChI is InChI=1S/C28H25Br4N3O3/c1-4-16(3)27-34-24-9-8-19(29)11-21(24)28(36)35(27)33-14-18-10-25(37-5-2)26(13-23(18)32)38-15-17-6-7-20(30)12-22(17)31/h6-14,16H,4-5,15H2,1-3H3/t16-/m0/s1. The van der Waals surface area contributed by atoms with E-state index in [0.717, 1.165) is 35.4 Å². The highest BCUT2D eigenvalue weighted by Crippen LogP contribution is 2.34. The van der Waals surface area contributed by atoms with E-state index in [2.05, 4.69) is 75.7 Å². The second-order valence-electron chi connectivity index (χ2n) is 8.58. The molecule has 0 fully saturated rings. The number of ether oxygens (including phenoxy) is 2. The number of nitrogens with zero attached hydrogens (tertiary/aromatic N) is 3. The second-order valence-corrected chi connectivity index (χ2v) is 12.1. The summed E-state index contributed by atoms with van der Waals surface area (Å²) in [6.45, 7) is 6.85. The topological polar surface area (TPSA) is 65.7 Å². The molecule has 3 aromatic carbocycles. The molecule has 0 aliphatic carbocycles. The van der Waals surface area contributed by atoms with E-state index in [1.54, 1.807) is 12.3 Å². The molecule has 0 amide bonds. The van der Waals surface area contributed by atoms with Crippen LogP contribution in [0.1, 0.15) is 50.1 Å². The highest BCUT2D eigenvalue weighted by Gasteiger charge is 2.16. The number of fused-ring (bicyclic) bond motifs is 1. The van der Waals surface area contributed by atoms with E-state index in [0.29, 0.717) is 41.4 Å². The van der Waals surface area contributed by atoms with Crippen LogP contribution >= 0.6 is 63.7 Å². The molecule has 0 N–H and O–H groups in total. The summed E-state index contributed by atoms with van der Waals surface area (Å²) >= 11 is 14.1. The Balaban J connectivity index is 1.71. The highest BCUT2D eigenvalue weighted by molar-refractivity contribution is 9.11. The Hall–Kier alpha value is -2.01. The molecule has 0 bridgehead atoms. The van der Waals surface area contributed by atoms with Crippen LogP contribution in [0.3, 0.4) is 0 Å². The van der Waals surface area contributed by atoms with Crippen LogP contribution in [0.2, 0.25) is 0 Å². The quantitative estimate of drug-likeness (QED) is 0.160. The third kappa shape index (κ3) is 6.58. The molecule has 0 saturated carbocycles. The summed E-state index contributed by atoms with van der Waals surface area (Å²) in [5, 5.41) is 5.09. The first-order valence-electron chi connectivity index (χ1n) is 12.0. The lowest BCUT2D eigenvalue weighted by atomic mass is 10.1. The molecule has 4 rings (SSSR count). The molecule has 0 radical (unpaired) electrons.